The van der Waals surface area contributed by atoms with E-state index in [-0.39, 0.29) is 34.9 Å². The van der Waals surface area contributed by atoms with E-state index >= 15 is 0 Å². The highest BCUT2D eigenvalue weighted by Gasteiger charge is 2.47. The van der Waals surface area contributed by atoms with E-state index in [2.05, 4.69) is 48.9 Å². The first-order chi connectivity index (χ1) is 11.2. The number of amides is 2. The number of nitrogens with one attached hydrogen (secondary N) is 1. The van der Waals surface area contributed by atoms with Crippen molar-refractivity contribution in [1.82, 2.24) is 10.2 Å². The van der Waals surface area contributed by atoms with Gasteiger partial charge in [0.2, 0.25) is 0 Å². The Hall–Kier alpha value is -1.20. The van der Waals surface area contributed by atoms with Gasteiger partial charge in [-0.15, -0.1) is 0 Å². The standard InChI is InChI=1S/C19H25BrN2O2/c1-18(2)9-12(10-19(3,4)21-18)15(11-20)22-16(23)13-7-5-6-8-14(13)17(22)24/h5-8,12,15,21H,9-11H2,1-4H3/t15-/m1/s1. The molecule has 1 aromatic carbocycles. The predicted octanol–water partition coefficient (Wildman–Crippen LogP) is 3.60. The van der Waals surface area contributed by atoms with Gasteiger partial charge < -0.3 is 5.32 Å². The van der Waals surface area contributed by atoms with Crippen LogP contribution in [0.1, 0.15) is 61.3 Å². The SMILES string of the molecule is CC1(C)CC([C@@H](CBr)N2C(=O)c3ccccc3C2=O)CC(C)(C)N1. The second-order valence-electron chi connectivity index (χ2n) is 8.31. The fourth-order valence-corrected chi connectivity index (χ4v) is 5.41. The molecule has 4 nitrogen and oxygen atoms in total. The van der Waals surface area contributed by atoms with Gasteiger partial charge in [0.15, 0.2) is 0 Å². The third-order valence-corrected chi connectivity index (χ3v) is 5.74. The second-order valence-corrected chi connectivity index (χ2v) is 8.96. The van der Waals surface area contributed by atoms with Crippen molar-refractivity contribution in [2.24, 2.45) is 5.92 Å². The molecule has 0 radical (unpaired) electrons. The van der Waals surface area contributed by atoms with Crippen LogP contribution in [-0.2, 0) is 0 Å². The molecule has 2 amide bonds. The fourth-order valence-electron chi connectivity index (χ4n) is 4.59. The Balaban J connectivity index is 1.93. The molecule has 0 saturated carbocycles. The van der Waals surface area contributed by atoms with Crippen LogP contribution in [0.25, 0.3) is 0 Å². The van der Waals surface area contributed by atoms with Crippen molar-refractivity contribution in [3.63, 3.8) is 0 Å². The van der Waals surface area contributed by atoms with Gasteiger partial charge in [0.1, 0.15) is 0 Å². The maximum atomic E-state index is 12.8. The lowest BCUT2D eigenvalue weighted by Gasteiger charge is -2.49. The Bertz CT molecular complexity index is 633. The van der Waals surface area contributed by atoms with E-state index in [1.807, 2.05) is 12.1 Å². The highest BCUT2D eigenvalue weighted by molar-refractivity contribution is 9.09. The summed E-state index contributed by atoms with van der Waals surface area (Å²) in [5.74, 6) is -0.0544. The van der Waals surface area contributed by atoms with Crippen LogP contribution in [0.2, 0.25) is 0 Å². The summed E-state index contributed by atoms with van der Waals surface area (Å²) in [6.07, 6.45) is 1.86. The van der Waals surface area contributed by atoms with Crippen molar-refractivity contribution >= 4 is 27.7 Å². The largest absolute Gasteiger partial charge is 0.307 e. The number of alkyl halides is 1. The number of rotatable bonds is 3. The Labute approximate surface area is 152 Å². The van der Waals surface area contributed by atoms with Gasteiger partial charge in [-0.05, 0) is 58.6 Å². The highest BCUT2D eigenvalue weighted by Crippen LogP contribution is 2.38. The number of carbonyl (C=O) groups is 2. The zero-order valence-electron chi connectivity index (χ0n) is 14.7. The molecule has 0 spiro atoms. The molecule has 130 valence electrons. The van der Waals surface area contributed by atoms with E-state index in [4.69, 9.17) is 0 Å². The van der Waals surface area contributed by atoms with Gasteiger partial charge in [-0.2, -0.15) is 0 Å². The van der Waals surface area contributed by atoms with Gasteiger partial charge in [0.05, 0.1) is 17.2 Å². The first-order valence-corrected chi connectivity index (χ1v) is 9.59. The average molecular weight is 393 g/mol. The van der Waals surface area contributed by atoms with Crippen molar-refractivity contribution < 1.29 is 9.59 Å². The highest BCUT2D eigenvalue weighted by atomic mass is 79.9. The van der Waals surface area contributed by atoms with Crippen LogP contribution >= 0.6 is 15.9 Å². The van der Waals surface area contributed by atoms with Gasteiger partial charge >= 0.3 is 0 Å². The topological polar surface area (TPSA) is 49.4 Å². The molecule has 0 unspecified atom stereocenters. The minimum atomic E-state index is -0.158. The molecule has 1 atom stereocenters. The van der Waals surface area contributed by atoms with E-state index in [1.54, 1.807) is 12.1 Å². The summed E-state index contributed by atoms with van der Waals surface area (Å²) in [7, 11) is 0. The van der Waals surface area contributed by atoms with Gasteiger partial charge in [0.25, 0.3) is 11.8 Å². The lowest BCUT2D eigenvalue weighted by molar-refractivity contribution is 0.0405. The summed E-state index contributed by atoms with van der Waals surface area (Å²) >= 11 is 3.57. The number of carbonyl (C=O) groups excluding carboxylic acids is 2. The molecule has 2 aliphatic heterocycles. The van der Waals surface area contributed by atoms with Crippen LogP contribution in [0.15, 0.2) is 24.3 Å². The molecule has 2 aliphatic rings. The van der Waals surface area contributed by atoms with Crippen molar-refractivity contribution in [1.29, 1.82) is 0 Å². The number of halogens is 1. The minimum Gasteiger partial charge on any atom is -0.307 e. The quantitative estimate of drug-likeness (QED) is 0.631. The third-order valence-electron chi connectivity index (χ3n) is 5.08. The van der Waals surface area contributed by atoms with E-state index in [0.29, 0.717) is 16.5 Å². The minimum absolute atomic E-state index is 0.0223. The summed E-state index contributed by atoms with van der Waals surface area (Å²) in [6.45, 7) is 8.76. The smallest absolute Gasteiger partial charge is 0.261 e. The third kappa shape index (κ3) is 3.04. The molecule has 5 heteroatoms. The Morgan fingerprint density at radius 3 is 1.96 bits per heavy atom. The maximum absolute atomic E-state index is 12.8. The lowest BCUT2D eigenvalue weighted by Crippen LogP contribution is -2.61. The molecule has 0 aromatic heterocycles. The number of benzene rings is 1. The summed E-state index contributed by atoms with van der Waals surface area (Å²) < 4.78 is 0. The first-order valence-electron chi connectivity index (χ1n) is 8.47. The molecule has 0 aliphatic carbocycles. The summed E-state index contributed by atoms with van der Waals surface area (Å²) in [5.41, 5.74) is 1.01. The molecule has 1 saturated heterocycles. The van der Waals surface area contributed by atoms with E-state index in [1.165, 1.54) is 4.90 Å². The van der Waals surface area contributed by atoms with Gasteiger partial charge in [-0.1, -0.05) is 28.1 Å². The zero-order chi connectivity index (χ0) is 17.7. The molecule has 24 heavy (non-hydrogen) atoms. The zero-order valence-corrected chi connectivity index (χ0v) is 16.3. The fraction of sp³-hybridized carbons (Fsp3) is 0.579. The molecule has 1 fully saturated rings. The normalized spacial score (nSPS) is 24.1. The van der Waals surface area contributed by atoms with Crippen LogP contribution in [0.3, 0.4) is 0 Å². The number of fused-ring (bicyclic) bond motifs is 1. The maximum Gasteiger partial charge on any atom is 0.261 e. The van der Waals surface area contributed by atoms with E-state index in [9.17, 15) is 9.59 Å². The van der Waals surface area contributed by atoms with Crippen molar-refractivity contribution in [3.8, 4) is 0 Å². The Morgan fingerprint density at radius 2 is 1.54 bits per heavy atom. The summed E-state index contributed by atoms with van der Waals surface area (Å²) in [5, 5.41) is 4.27. The molecule has 2 heterocycles. The Morgan fingerprint density at radius 1 is 1.08 bits per heavy atom. The van der Waals surface area contributed by atoms with Crippen LogP contribution in [0.5, 0.6) is 0 Å². The van der Waals surface area contributed by atoms with Crippen LogP contribution < -0.4 is 5.32 Å². The number of hydrogen-bond acceptors (Lipinski definition) is 3. The monoisotopic (exact) mass is 392 g/mol. The van der Waals surface area contributed by atoms with E-state index < -0.39 is 0 Å². The Kier molecular flexibility index (Phi) is 4.37. The van der Waals surface area contributed by atoms with Crippen LogP contribution in [-0.4, -0.2) is 39.2 Å². The van der Waals surface area contributed by atoms with Crippen LogP contribution in [0, 0.1) is 5.92 Å². The van der Waals surface area contributed by atoms with Crippen molar-refractivity contribution in [2.45, 2.75) is 57.7 Å². The average Bonchev–Trinajstić information content (AvgIpc) is 2.71. The summed E-state index contributed by atoms with van der Waals surface area (Å²) in [6, 6.07) is 6.99. The molecule has 3 rings (SSSR count). The first kappa shape index (κ1) is 17.6. The lowest BCUT2D eigenvalue weighted by atomic mass is 9.73. The van der Waals surface area contributed by atoms with Gasteiger partial charge in [-0.25, -0.2) is 0 Å². The number of nitrogens with zero attached hydrogens (tertiary/aromatic N) is 1. The number of hydrogen-bond donors (Lipinski definition) is 1. The van der Waals surface area contributed by atoms with Gasteiger partial charge in [0, 0.05) is 16.4 Å². The summed E-state index contributed by atoms with van der Waals surface area (Å²) in [4.78, 5) is 27.2. The number of imide groups is 1. The molecular formula is C19H25BrN2O2. The molecule has 1 aromatic rings. The molecule has 0 bridgehead atoms. The molecule has 1 N–H and O–H groups in total. The predicted molar refractivity (Wildman–Crippen MR) is 98.5 cm³/mol. The van der Waals surface area contributed by atoms with E-state index in [0.717, 1.165) is 12.8 Å². The van der Waals surface area contributed by atoms with Crippen molar-refractivity contribution in [3.05, 3.63) is 35.4 Å². The van der Waals surface area contributed by atoms with Gasteiger partial charge in [-0.3, -0.25) is 14.5 Å². The second kappa shape index (κ2) is 5.95. The van der Waals surface area contributed by atoms with Crippen LogP contribution in [0.4, 0.5) is 0 Å². The van der Waals surface area contributed by atoms with Crippen molar-refractivity contribution in [2.75, 3.05) is 5.33 Å². The molecular weight excluding hydrogens is 368 g/mol. The number of piperidine rings is 1.